The maximum absolute atomic E-state index is 13.4. The zero-order valence-corrected chi connectivity index (χ0v) is 19.9. The molecule has 2 fully saturated rings. The van der Waals surface area contributed by atoms with Crippen molar-refractivity contribution in [3.05, 3.63) is 35.9 Å². The molecule has 196 valence electrons. The van der Waals surface area contributed by atoms with E-state index in [1.807, 2.05) is 6.07 Å². The molecule has 2 aliphatic heterocycles. The maximum atomic E-state index is 13.4. The first-order chi connectivity index (χ1) is 17.3. The number of esters is 1. The van der Waals surface area contributed by atoms with Crippen LogP contribution in [-0.2, 0) is 35.3 Å². The molecule has 4 amide bonds. The van der Waals surface area contributed by atoms with Crippen LogP contribution in [0.5, 0.6) is 0 Å². The topological polar surface area (TPSA) is 180 Å². The molecule has 0 spiro atoms. The summed E-state index contributed by atoms with van der Waals surface area (Å²) in [6.07, 6.45) is 1.74. The maximum Gasteiger partial charge on any atom is 0.321 e. The molecule has 4 atom stereocenters. The molecule has 0 radical (unpaired) electrons. The van der Waals surface area contributed by atoms with Crippen LogP contribution in [-0.4, -0.2) is 94.0 Å². The highest BCUT2D eigenvalue weighted by Crippen LogP contribution is 2.26. The molecule has 5 N–H and O–H groups in total. The van der Waals surface area contributed by atoms with Gasteiger partial charge in [-0.3, -0.25) is 24.0 Å². The average molecular weight is 505 g/mol. The van der Waals surface area contributed by atoms with Crippen molar-refractivity contribution >= 4 is 29.6 Å². The fourth-order valence-electron chi connectivity index (χ4n) is 4.54. The molecule has 3 rings (SSSR count). The third kappa shape index (κ3) is 6.18. The number of ether oxygens (including phenoxy) is 1. The SMILES string of the molecule is NC(=O)[C@H](CO)NC(=O)[C@@H]1CCCN1C(=O)[C@@H]1CCCN1C(=O)[C@H](CO)C(=O)OCc1ccccc1. The third-order valence-electron chi connectivity index (χ3n) is 6.49. The third-order valence-corrected chi connectivity index (χ3v) is 6.49. The van der Waals surface area contributed by atoms with Gasteiger partial charge in [-0.1, -0.05) is 30.3 Å². The van der Waals surface area contributed by atoms with Gasteiger partial charge in [0.1, 0.15) is 24.7 Å². The number of nitrogens with zero attached hydrogens (tertiary/aromatic N) is 2. The Labute approximate surface area is 208 Å². The van der Waals surface area contributed by atoms with E-state index in [0.29, 0.717) is 25.7 Å². The first kappa shape index (κ1) is 27.1. The fraction of sp³-hybridized carbons (Fsp3) is 0.542. The Balaban J connectivity index is 1.66. The summed E-state index contributed by atoms with van der Waals surface area (Å²) >= 11 is 0. The summed E-state index contributed by atoms with van der Waals surface area (Å²) in [7, 11) is 0. The van der Waals surface area contributed by atoms with Gasteiger partial charge in [0.15, 0.2) is 5.92 Å². The van der Waals surface area contributed by atoms with Crippen molar-refractivity contribution in [3.8, 4) is 0 Å². The standard InChI is InChI=1S/C24H32N4O8/c25-20(31)17(13-30)26-21(32)18-8-4-10-27(18)23(34)19-9-5-11-28(19)22(33)16(12-29)24(35)36-14-15-6-2-1-3-7-15/h1-3,6-7,16-19,29-30H,4-5,8-14H2,(H2,25,31)(H,26,32)/t16-,17-,18-,19-/m0/s1. The molecule has 0 saturated carbocycles. The Morgan fingerprint density at radius 3 is 2.22 bits per heavy atom. The van der Waals surface area contributed by atoms with Gasteiger partial charge in [0.25, 0.3) is 0 Å². The molecule has 0 aliphatic carbocycles. The second kappa shape index (κ2) is 12.5. The fourth-order valence-corrected chi connectivity index (χ4v) is 4.54. The Morgan fingerprint density at radius 1 is 0.972 bits per heavy atom. The molecule has 0 aromatic heterocycles. The highest BCUT2D eigenvalue weighted by Gasteiger charge is 2.44. The van der Waals surface area contributed by atoms with E-state index >= 15 is 0 Å². The molecule has 12 heteroatoms. The lowest BCUT2D eigenvalue weighted by atomic mass is 10.1. The Hall–Kier alpha value is -3.51. The van der Waals surface area contributed by atoms with Crippen molar-refractivity contribution in [2.24, 2.45) is 11.7 Å². The van der Waals surface area contributed by atoms with Crippen molar-refractivity contribution in [1.29, 1.82) is 0 Å². The molecule has 12 nitrogen and oxygen atoms in total. The predicted molar refractivity (Wildman–Crippen MR) is 124 cm³/mol. The summed E-state index contributed by atoms with van der Waals surface area (Å²) in [6.45, 7) is -1.00. The Morgan fingerprint density at radius 2 is 1.61 bits per heavy atom. The number of likely N-dealkylation sites (tertiary alicyclic amines) is 2. The minimum atomic E-state index is -1.47. The van der Waals surface area contributed by atoms with E-state index in [2.05, 4.69) is 5.32 Å². The number of nitrogens with one attached hydrogen (secondary N) is 1. The predicted octanol–water partition coefficient (Wildman–Crippen LogP) is -1.72. The lowest BCUT2D eigenvalue weighted by Crippen LogP contribution is -2.56. The number of hydrogen-bond donors (Lipinski definition) is 4. The van der Waals surface area contributed by atoms with Gasteiger partial charge in [0.2, 0.25) is 23.6 Å². The Bertz CT molecular complexity index is 972. The van der Waals surface area contributed by atoms with Crippen molar-refractivity contribution in [2.75, 3.05) is 26.3 Å². The van der Waals surface area contributed by atoms with Gasteiger partial charge in [-0.25, -0.2) is 0 Å². The van der Waals surface area contributed by atoms with Gasteiger partial charge >= 0.3 is 5.97 Å². The second-order valence-electron chi connectivity index (χ2n) is 8.85. The highest BCUT2D eigenvalue weighted by atomic mass is 16.5. The van der Waals surface area contributed by atoms with Gasteiger partial charge in [-0.15, -0.1) is 0 Å². The monoisotopic (exact) mass is 504 g/mol. The normalized spacial score (nSPS) is 21.1. The van der Waals surface area contributed by atoms with E-state index in [1.165, 1.54) is 9.80 Å². The van der Waals surface area contributed by atoms with Crippen LogP contribution >= 0.6 is 0 Å². The summed E-state index contributed by atoms with van der Waals surface area (Å²) < 4.78 is 5.22. The lowest BCUT2D eigenvalue weighted by Gasteiger charge is -2.32. The van der Waals surface area contributed by atoms with Crippen LogP contribution in [0.15, 0.2) is 30.3 Å². The van der Waals surface area contributed by atoms with E-state index in [9.17, 15) is 34.2 Å². The molecule has 2 heterocycles. The van der Waals surface area contributed by atoms with E-state index in [4.69, 9.17) is 10.5 Å². The van der Waals surface area contributed by atoms with Gasteiger partial charge in [-0.2, -0.15) is 0 Å². The van der Waals surface area contributed by atoms with E-state index in [1.54, 1.807) is 24.3 Å². The number of amides is 4. The van der Waals surface area contributed by atoms with Crippen LogP contribution in [0.25, 0.3) is 0 Å². The number of primary amides is 1. The number of benzene rings is 1. The zero-order chi connectivity index (χ0) is 26.2. The first-order valence-electron chi connectivity index (χ1n) is 11.9. The molecular weight excluding hydrogens is 472 g/mol. The summed E-state index contributed by atoms with van der Waals surface area (Å²) in [6, 6.07) is 5.84. The van der Waals surface area contributed by atoms with Gasteiger partial charge in [0.05, 0.1) is 13.2 Å². The first-order valence-corrected chi connectivity index (χ1v) is 11.9. The van der Waals surface area contributed by atoms with Crippen molar-refractivity contribution in [2.45, 2.75) is 50.4 Å². The number of rotatable bonds is 10. The van der Waals surface area contributed by atoms with Crippen molar-refractivity contribution in [1.82, 2.24) is 15.1 Å². The van der Waals surface area contributed by atoms with Crippen molar-refractivity contribution in [3.63, 3.8) is 0 Å². The number of aliphatic hydroxyl groups is 2. The van der Waals surface area contributed by atoms with Crippen LogP contribution in [0.4, 0.5) is 0 Å². The number of aliphatic hydroxyl groups excluding tert-OH is 2. The molecule has 1 aromatic carbocycles. The van der Waals surface area contributed by atoms with Crippen LogP contribution in [0.2, 0.25) is 0 Å². The van der Waals surface area contributed by atoms with Gasteiger partial charge < -0.3 is 35.8 Å². The molecular formula is C24H32N4O8. The molecule has 0 unspecified atom stereocenters. The summed E-state index contributed by atoms with van der Waals surface area (Å²) in [5.41, 5.74) is 5.89. The lowest BCUT2D eigenvalue weighted by molar-refractivity contribution is -0.161. The molecule has 1 aromatic rings. The summed E-state index contributed by atoms with van der Waals surface area (Å²) in [5.74, 6) is -5.03. The summed E-state index contributed by atoms with van der Waals surface area (Å²) in [4.78, 5) is 65.8. The van der Waals surface area contributed by atoms with Gasteiger partial charge in [-0.05, 0) is 31.2 Å². The van der Waals surface area contributed by atoms with Gasteiger partial charge in [0, 0.05) is 13.1 Å². The minimum Gasteiger partial charge on any atom is -0.460 e. The largest absolute Gasteiger partial charge is 0.460 e. The summed E-state index contributed by atoms with van der Waals surface area (Å²) in [5, 5.41) is 21.4. The Kier molecular flexibility index (Phi) is 9.37. The average Bonchev–Trinajstić information content (AvgIpc) is 3.56. The second-order valence-corrected chi connectivity index (χ2v) is 8.85. The van der Waals surface area contributed by atoms with Crippen molar-refractivity contribution < 1.29 is 38.9 Å². The molecule has 36 heavy (non-hydrogen) atoms. The number of nitrogens with two attached hydrogens (primary N) is 1. The van der Waals surface area contributed by atoms with E-state index in [-0.39, 0.29) is 19.7 Å². The molecule has 2 saturated heterocycles. The number of hydrogen-bond acceptors (Lipinski definition) is 8. The van der Waals surface area contributed by atoms with Crippen LogP contribution in [0, 0.1) is 5.92 Å². The highest BCUT2D eigenvalue weighted by molar-refractivity contribution is 6.01. The molecule has 2 aliphatic rings. The van der Waals surface area contributed by atoms with Crippen LogP contribution in [0.1, 0.15) is 31.2 Å². The van der Waals surface area contributed by atoms with E-state index < -0.39 is 66.9 Å². The van der Waals surface area contributed by atoms with Crippen LogP contribution < -0.4 is 11.1 Å². The minimum absolute atomic E-state index is 0.0590. The number of carbonyl (C=O) groups excluding carboxylic acids is 5. The zero-order valence-electron chi connectivity index (χ0n) is 19.9. The molecule has 0 bridgehead atoms. The van der Waals surface area contributed by atoms with Crippen LogP contribution in [0.3, 0.4) is 0 Å². The van der Waals surface area contributed by atoms with E-state index in [0.717, 1.165) is 5.56 Å². The smallest absolute Gasteiger partial charge is 0.321 e. The number of carbonyl (C=O) groups is 5. The quantitative estimate of drug-likeness (QED) is 0.215.